The number of hydrogen-bond donors (Lipinski definition) is 3. The van der Waals surface area contributed by atoms with Crippen molar-refractivity contribution < 1.29 is 80.2 Å². The Kier molecular flexibility index (Phi) is 76.9. The molecule has 0 radical (unpaired) electrons. The minimum atomic E-state index is -4.97. The zero-order chi connectivity index (χ0) is 77.8. The minimum Gasteiger partial charge on any atom is -0.462 e. The van der Waals surface area contributed by atoms with E-state index in [1.165, 1.54) is 283 Å². The van der Waals surface area contributed by atoms with Gasteiger partial charge < -0.3 is 33.8 Å². The molecule has 630 valence electrons. The van der Waals surface area contributed by atoms with E-state index in [4.69, 9.17) is 37.0 Å². The van der Waals surface area contributed by atoms with Crippen LogP contribution in [0.3, 0.4) is 0 Å². The molecular formula is C87H170O17P2. The Morgan fingerprint density at radius 3 is 0.717 bits per heavy atom. The Labute approximate surface area is 651 Å². The average molecular weight is 1550 g/mol. The molecule has 0 aliphatic carbocycles. The number of phosphoric ester groups is 2. The predicted octanol–water partition coefficient (Wildman–Crippen LogP) is 26.6. The maximum absolute atomic E-state index is 13.2. The molecule has 0 fully saturated rings. The van der Waals surface area contributed by atoms with Crippen molar-refractivity contribution in [2.45, 2.75) is 484 Å². The number of unbranched alkanes of at least 4 members (excludes halogenated alkanes) is 55. The average Bonchev–Trinajstić information content (AvgIpc) is 0.909. The molecule has 19 heteroatoms. The highest BCUT2D eigenvalue weighted by Gasteiger charge is 2.30. The molecule has 0 aliphatic heterocycles. The Morgan fingerprint density at radius 1 is 0.274 bits per heavy atom. The summed E-state index contributed by atoms with van der Waals surface area (Å²) >= 11 is 0. The second kappa shape index (κ2) is 78.3. The van der Waals surface area contributed by atoms with Crippen molar-refractivity contribution in [3.63, 3.8) is 0 Å². The van der Waals surface area contributed by atoms with Gasteiger partial charge in [-0.1, -0.05) is 414 Å². The van der Waals surface area contributed by atoms with E-state index in [-0.39, 0.29) is 25.7 Å². The SMILES string of the molecule is CCCCCCCCCCCCCCCCCCCCC(=O)OC[C@H](COP(=O)(O)OC[C@@H](O)COP(=O)(O)OC[C@@H](COC(=O)CCCCCCCCCCC(C)CC)OC(=O)CCCCCCCCCCCCCCCCC)OC(=O)CCCCCCCCCCCCCCCCCCCCC(C)C. The molecule has 106 heavy (non-hydrogen) atoms. The molecule has 0 amide bonds. The van der Waals surface area contributed by atoms with E-state index in [2.05, 4.69) is 41.5 Å². The fraction of sp³-hybridized carbons (Fsp3) is 0.954. The van der Waals surface area contributed by atoms with Crippen LogP contribution in [0.2, 0.25) is 0 Å². The monoisotopic (exact) mass is 1550 g/mol. The summed E-state index contributed by atoms with van der Waals surface area (Å²) in [6.07, 6.45) is 70.7. The van der Waals surface area contributed by atoms with Crippen LogP contribution in [0.4, 0.5) is 0 Å². The van der Waals surface area contributed by atoms with Gasteiger partial charge in [0, 0.05) is 25.7 Å². The second-order valence-electron chi connectivity index (χ2n) is 32.0. The lowest BCUT2D eigenvalue weighted by atomic mass is 9.99. The van der Waals surface area contributed by atoms with Gasteiger partial charge in [-0.05, 0) is 37.5 Å². The summed E-state index contributed by atoms with van der Waals surface area (Å²) in [6.45, 7) is 9.72. The Morgan fingerprint density at radius 2 is 0.481 bits per heavy atom. The lowest BCUT2D eigenvalue weighted by molar-refractivity contribution is -0.161. The molecule has 0 aromatic carbocycles. The van der Waals surface area contributed by atoms with Crippen LogP contribution in [0.1, 0.15) is 465 Å². The highest BCUT2D eigenvalue weighted by molar-refractivity contribution is 7.47. The van der Waals surface area contributed by atoms with Crippen LogP contribution < -0.4 is 0 Å². The van der Waals surface area contributed by atoms with E-state index in [9.17, 15) is 43.2 Å². The largest absolute Gasteiger partial charge is 0.472 e. The molecule has 0 spiro atoms. The molecule has 0 aliphatic rings. The molecule has 0 saturated carbocycles. The smallest absolute Gasteiger partial charge is 0.462 e. The van der Waals surface area contributed by atoms with Crippen molar-refractivity contribution in [2.75, 3.05) is 39.6 Å². The number of ether oxygens (including phenoxy) is 4. The number of aliphatic hydroxyl groups is 1. The van der Waals surface area contributed by atoms with Crippen molar-refractivity contribution in [1.82, 2.24) is 0 Å². The third kappa shape index (κ3) is 78.7. The van der Waals surface area contributed by atoms with Gasteiger partial charge in [0.15, 0.2) is 12.2 Å². The molecule has 0 aromatic rings. The van der Waals surface area contributed by atoms with Gasteiger partial charge in [0.1, 0.15) is 19.3 Å². The van der Waals surface area contributed by atoms with Crippen molar-refractivity contribution in [3.8, 4) is 0 Å². The summed E-state index contributed by atoms with van der Waals surface area (Å²) in [4.78, 5) is 73.3. The Hall–Kier alpha value is -1.94. The number of hydrogen-bond acceptors (Lipinski definition) is 15. The molecule has 6 atom stereocenters. The van der Waals surface area contributed by atoms with Crippen molar-refractivity contribution in [2.24, 2.45) is 11.8 Å². The first kappa shape index (κ1) is 104. The number of rotatable bonds is 86. The van der Waals surface area contributed by atoms with Gasteiger partial charge in [0.2, 0.25) is 0 Å². The normalized spacial score (nSPS) is 14.1. The number of phosphoric acid groups is 2. The van der Waals surface area contributed by atoms with Gasteiger partial charge in [-0.15, -0.1) is 0 Å². The predicted molar refractivity (Wildman–Crippen MR) is 437 cm³/mol. The number of carbonyl (C=O) groups excluding carboxylic acids is 4. The van der Waals surface area contributed by atoms with E-state index in [1.54, 1.807) is 0 Å². The first-order valence-electron chi connectivity index (χ1n) is 45.0. The molecule has 3 unspecified atom stereocenters. The summed E-state index contributed by atoms with van der Waals surface area (Å²) in [6, 6.07) is 0. The Balaban J connectivity index is 5.25. The quantitative estimate of drug-likeness (QED) is 0.0222. The van der Waals surface area contributed by atoms with E-state index < -0.39 is 97.5 Å². The molecule has 0 bridgehead atoms. The molecule has 0 aromatic heterocycles. The number of aliphatic hydroxyl groups excluding tert-OH is 1. The maximum Gasteiger partial charge on any atom is 0.472 e. The van der Waals surface area contributed by atoms with Crippen LogP contribution in [0.15, 0.2) is 0 Å². The lowest BCUT2D eigenvalue weighted by Gasteiger charge is -2.21. The molecule has 3 N–H and O–H groups in total. The third-order valence-corrected chi connectivity index (χ3v) is 22.7. The summed E-state index contributed by atoms with van der Waals surface area (Å²) in [7, 11) is -9.93. The summed E-state index contributed by atoms with van der Waals surface area (Å²) in [5.74, 6) is -0.502. The minimum absolute atomic E-state index is 0.108. The van der Waals surface area contributed by atoms with Gasteiger partial charge in [0.25, 0.3) is 0 Å². The van der Waals surface area contributed by atoms with Gasteiger partial charge in [-0.25, -0.2) is 9.13 Å². The van der Waals surface area contributed by atoms with Crippen LogP contribution in [0.5, 0.6) is 0 Å². The summed E-state index contributed by atoms with van der Waals surface area (Å²) in [5.41, 5.74) is 0. The van der Waals surface area contributed by atoms with Gasteiger partial charge >= 0.3 is 39.5 Å². The van der Waals surface area contributed by atoms with Crippen molar-refractivity contribution >= 4 is 39.5 Å². The molecule has 0 rings (SSSR count). The fourth-order valence-electron chi connectivity index (χ4n) is 13.6. The first-order chi connectivity index (χ1) is 51.4. The van der Waals surface area contributed by atoms with Crippen molar-refractivity contribution in [3.05, 3.63) is 0 Å². The highest BCUT2D eigenvalue weighted by Crippen LogP contribution is 2.45. The van der Waals surface area contributed by atoms with E-state index >= 15 is 0 Å². The van der Waals surface area contributed by atoms with Gasteiger partial charge in [-0.3, -0.25) is 37.3 Å². The van der Waals surface area contributed by atoms with Gasteiger partial charge in [-0.2, -0.15) is 0 Å². The fourth-order valence-corrected chi connectivity index (χ4v) is 15.1. The molecular weight excluding hydrogens is 1380 g/mol. The molecule has 0 saturated heterocycles. The van der Waals surface area contributed by atoms with Gasteiger partial charge in [0.05, 0.1) is 26.4 Å². The molecule has 17 nitrogen and oxygen atoms in total. The molecule has 0 heterocycles. The standard InChI is InChI=1S/C87H170O17P2/c1-7-10-12-14-16-18-20-22-24-25-29-33-36-40-44-51-57-63-69-84(89)97-75-82(103-86(91)72-66-60-54-46-42-38-34-30-27-26-28-32-35-39-43-49-55-61-67-79(4)5)77-101-105(93,94)99-73-81(88)74-100-106(95,96)102-78-83(76-98-85(90)70-64-58-52-48-47-50-56-62-68-80(6)9-3)104-87(92)71-65-59-53-45-41-37-31-23-21-19-17-15-13-11-8-2/h79-83,88H,7-78H2,1-6H3,(H,93,94)(H,95,96)/t80?,81-,82-,83-/m1/s1. The second-order valence-corrected chi connectivity index (χ2v) is 34.9. The third-order valence-electron chi connectivity index (χ3n) is 20.8. The number of carbonyl (C=O) groups is 4. The number of esters is 4. The first-order valence-corrected chi connectivity index (χ1v) is 48.0. The zero-order valence-corrected chi connectivity index (χ0v) is 71.5. The summed E-state index contributed by atoms with van der Waals surface area (Å²) < 4.78 is 69.0. The van der Waals surface area contributed by atoms with Crippen molar-refractivity contribution in [1.29, 1.82) is 0 Å². The topological polar surface area (TPSA) is 237 Å². The highest BCUT2D eigenvalue weighted by atomic mass is 31.2. The van der Waals surface area contributed by atoms with E-state index in [0.29, 0.717) is 25.7 Å². The van der Waals surface area contributed by atoms with Crippen LogP contribution in [0.25, 0.3) is 0 Å². The lowest BCUT2D eigenvalue weighted by Crippen LogP contribution is -2.30. The van der Waals surface area contributed by atoms with E-state index in [0.717, 1.165) is 102 Å². The zero-order valence-electron chi connectivity index (χ0n) is 69.7. The summed E-state index contributed by atoms with van der Waals surface area (Å²) in [5, 5.41) is 10.7. The van der Waals surface area contributed by atoms with Crippen LogP contribution >= 0.6 is 15.6 Å². The van der Waals surface area contributed by atoms with Crippen LogP contribution in [-0.2, 0) is 65.4 Å². The van der Waals surface area contributed by atoms with Crippen LogP contribution in [0, 0.1) is 11.8 Å². The van der Waals surface area contributed by atoms with E-state index in [1.807, 2.05) is 0 Å². The Bertz CT molecular complexity index is 2030. The van der Waals surface area contributed by atoms with Crippen LogP contribution in [-0.4, -0.2) is 96.7 Å². The maximum atomic E-state index is 13.2.